The van der Waals surface area contributed by atoms with Gasteiger partial charge >= 0.3 is 0 Å². The molecule has 0 aliphatic carbocycles. The molecule has 1 aromatic rings. The summed E-state index contributed by atoms with van der Waals surface area (Å²) >= 11 is 0. The van der Waals surface area contributed by atoms with Crippen molar-refractivity contribution in [2.45, 2.75) is 32.2 Å². The fraction of sp³-hybridized carbons (Fsp3) is 0.750. The molecular weight excluding hydrogens is 152 g/mol. The molecule has 66 valence electrons. The van der Waals surface area contributed by atoms with Crippen LogP contribution in [0.25, 0.3) is 0 Å². The van der Waals surface area contributed by atoms with Crippen LogP contribution >= 0.6 is 0 Å². The minimum atomic E-state index is 0.495. The number of nitrogens with one attached hydrogen (secondary N) is 2. The Morgan fingerprint density at radius 2 is 2.33 bits per heavy atom. The average Bonchev–Trinajstić information content (AvgIpc) is 2.58. The number of nitrogens with zero attached hydrogens (tertiary/aromatic N) is 2. The number of hydrogen-bond acceptors (Lipinski definition) is 3. The van der Waals surface area contributed by atoms with Gasteiger partial charge in [-0.3, -0.25) is 5.10 Å². The standard InChI is InChI=1S/C8H14N4/c1-5-7(3-4-9-5)8-10-6(2)11-12-8/h5,7,9H,3-4H2,1-2H3,(H,10,11,12). The van der Waals surface area contributed by atoms with Crippen LogP contribution in [0.1, 0.15) is 30.9 Å². The molecule has 12 heavy (non-hydrogen) atoms. The van der Waals surface area contributed by atoms with Crippen LogP contribution in [0.2, 0.25) is 0 Å². The number of aromatic amines is 1. The molecule has 2 N–H and O–H groups in total. The van der Waals surface area contributed by atoms with Crippen LogP contribution in [-0.2, 0) is 0 Å². The van der Waals surface area contributed by atoms with Crippen molar-refractivity contribution in [2.24, 2.45) is 0 Å². The first-order valence-corrected chi connectivity index (χ1v) is 4.39. The molecule has 2 rings (SSSR count). The Morgan fingerprint density at radius 3 is 2.83 bits per heavy atom. The normalized spacial score (nSPS) is 29.5. The Balaban J connectivity index is 2.19. The zero-order chi connectivity index (χ0) is 8.55. The summed E-state index contributed by atoms with van der Waals surface area (Å²) in [7, 11) is 0. The molecule has 0 amide bonds. The van der Waals surface area contributed by atoms with Gasteiger partial charge in [-0.1, -0.05) is 0 Å². The van der Waals surface area contributed by atoms with Gasteiger partial charge in [0.25, 0.3) is 0 Å². The summed E-state index contributed by atoms with van der Waals surface area (Å²) < 4.78 is 0. The van der Waals surface area contributed by atoms with Crippen LogP contribution in [0.5, 0.6) is 0 Å². The molecule has 0 bridgehead atoms. The second kappa shape index (κ2) is 2.86. The van der Waals surface area contributed by atoms with Crippen molar-refractivity contribution >= 4 is 0 Å². The summed E-state index contributed by atoms with van der Waals surface area (Å²) in [6.07, 6.45) is 1.15. The van der Waals surface area contributed by atoms with E-state index in [1.165, 1.54) is 0 Å². The third-order valence-electron chi connectivity index (χ3n) is 2.47. The lowest BCUT2D eigenvalue weighted by molar-refractivity contribution is 0.569. The Labute approximate surface area is 71.8 Å². The van der Waals surface area contributed by atoms with E-state index in [1.54, 1.807) is 0 Å². The molecule has 4 heteroatoms. The molecule has 1 aromatic heterocycles. The molecule has 2 atom stereocenters. The van der Waals surface area contributed by atoms with E-state index in [0.717, 1.165) is 24.6 Å². The number of aromatic nitrogens is 3. The van der Waals surface area contributed by atoms with Gasteiger partial charge in [-0.25, -0.2) is 4.98 Å². The van der Waals surface area contributed by atoms with Crippen LogP contribution < -0.4 is 5.32 Å². The van der Waals surface area contributed by atoms with Crippen molar-refractivity contribution in [3.8, 4) is 0 Å². The van der Waals surface area contributed by atoms with Crippen molar-refractivity contribution in [2.75, 3.05) is 6.54 Å². The van der Waals surface area contributed by atoms with Gasteiger partial charge in [0.2, 0.25) is 0 Å². The van der Waals surface area contributed by atoms with E-state index in [0.29, 0.717) is 12.0 Å². The Bertz CT molecular complexity index is 268. The minimum absolute atomic E-state index is 0.495. The van der Waals surface area contributed by atoms with Crippen LogP contribution in [0.4, 0.5) is 0 Å². The van der Waals surface area contributed by atoms with Gasteiger partial charge in [-0.05, 0) is 26.8 Å². The van der Waals surface area contributed by atoms with E-state index < -0.39 is 0 Å². The van der Waals surface area contributed by atoms with Crippen LogP contribution in [0.15, 0.2) is 0 Å². The maximum atomic E-state index is 4.34. The van der Waals surface area contributed by atoms with Gasteiger partial charge in [0.05, 0.1) is 0 Å². The van der Waals surface area contributed by atoms with Crippen LogP contribution in [0, 0.1) is 6.92 Å². The summed E-state index contributed by atoms with van der Waals surface area (Å²) in [5.41, 5.74) is 0. The predicted molar refractivity (Wildman–Crippen MR) is 45.9 cm³/mol. The van der Waals surface area contributed by atoms with Crippen LogP contribution in [-0.4, -0.2) is 27.8 Å². The summed E-state index contributed by atoms with van der Waals surface area (Å²) in [6.45, 7) is 5.20. The minimum Gasteiger partial charge on any atom is -0.314 e. The zero-order valence-electron chi connectivity index (χ0n) is 7.46. The fourth-order valence-corrected chi connectivity index (χ4v) is 1.74. The first-order valence-electron chi connectivity index (χ1n) is 4.39. The van der Waals surface area contributed by atoms with Crippen molar-refractivity contribution in [1.82, 2.24) is 20.5 Å². The van der Waals surface area contributed by atoms with Gasteiger partial charge in [0, 0.05) is 12.0 Å². The molecule has 4 nitrogen and oxygen atoms in total. The van der Waals surface area contributed by atoms with Crippen molar-refractivity contribution in [3.63, 3.8) is 0 Å². The molecule has 0 aromatic carbocycles. The molecular formula is C8H14N4. The first-order chi connectivity index (χ1) is 5.77. The molecule has 1 aliphatic heterocycles. The monoisotopic (exact) mass is 166 g/mol. The maximum Gasteiger partial charge on any atom is 0.155 e. The highest BCUT2D eigenvalue weighted by Crippen LogP contribution is 2.24. The third kappa shape index (κ3) is 1.22. The summed E-state index contributed by atoms with van der Waals surface area (Å²) in [6, 6.07) is 0.514. The lowest BCUT2D eigenvalue weighted by atomic mass is 10.0. The number of hydrogen-bond donors (Lipinski definition) is 2. The van der Waals surface area contributed by atoms with E-state index in [-0.39, 0.29) is 0 Å². The molecule has 0 saturated carbocycles. The Morgan fingerprint density at radius 1 is 1.50 bits per heavy atom. The topological polar surface area (TPSA) is 53.6 Å². The van der Waals surface area contributed by atoms with Gasteiger partial charge in [-0.15, -0.1) is 0 Å². The maximum absolute atomic E-state index is 4.34. The van der Waals surface area contributed by atoms with E-state index in [1.807, 2.05) is 6.92 Å². The molecule has 1 aliphatic rings. The molecule has 0 radical (unpaired) electrons. The van der Waals surface area contributed by atoms with E-state index in [2.05, 4.69) is 27.4 Å². The quantitative estimate of drug-likeness (QED) is 0.641. The Kier molecular flexibility index (Phi) is 1.84. The van der Waals surface area contributed by atoms with E-state index >= 15 is 0 Å². The van der Waals surface area contributed by atoms with Gasteiger partial charge in [0.15, 0.2) is 5.82 Å². The first kappa shape index (κ1) is 7.73. The zero-order valence-corrected chi connectivity index (χ0v) is 7.46. The molecule has 0 spiro atoms. The SMILES string of the molecule is Cc1nc(C2CCNC2C)n[nH]1. The average molecular weight is 166 g/mol. The van der Waals surface area contributed by atoms with Crippen molar-refractivity contribution in [3.05, 3.63) is 11.6 Å². The number of H-pyrrole nitrogens is 1. The summed E-state index contributed by atoms with van der Waals surface area (Å²) in [4.78, 5) is 4.34. The summed E-state index contributed by atoms with van der Waals surface area (Å²) in [5.74, 6) is 2.36. The van der Waals surface area contributed by atoms with Gasteiger partial charge < -0.3 is 5.32 Å². The highest BCUT2D eigenvalue weighted by Gasteiger charge is 2.27. The highest BCUT2D eigenvalue weighted by molar-refractivity contribution is 5.04. The largest absolute Gasteiger partial charge is 0.314 e. The third-order valence-corrected chi connectivity index (χ3v) is 2.47. The molecule has 2 unspecified atom stereocenters. The number of rotatable bonds is 1. The molecule has 2 heterocycles. The predicted octanol–water partition coefficient (Wildman–Crippen LogP) is 0.579. The second-order valence-corrected chi connectivity index (χ2v) is 3.42. The number of aryl methyl sites for hydroxylation is 1. The fourth-order valence-electron chi connectivity index (χ4n) is 1.74. The lowest BCUT2D eigenvalue weighted by Gasteiger charge is -2.09. The molecule has 1 fully saturated rings. The van der Waals surface area contributed by atoms with Crippen molar-refractivity contribution < 1.29 is 0 Å². The van der Waals surface area contributed by atoms with E-state index in [4.69, 9.17) is 0 Å². The molecule has 1 saturated heterocycles. The Hall–Kier alpha value is -0.900. The smallest absolute Gasteiger partial charge is 0.155 e. The summed E-state index contributed by atoms with van der Waals surface area (Å²) in [5, 5.41) is 10.4. The van der Waals surface area contributed by atoms with Crippen LogP contribution in [0.3, 0.4) is 0 Å². The van der Waals surface area contributed by atoms with Gasteiger partial charge in [-0.2, -0.15) is 5.10 Å². The lowest BCUT2D eigenvalue weighted by Crippen LogP contribution is -2.22. The highest BCUT2D eigenvalue weighted by atomic mass is 15.2. The van der Waals surface area contributed by atoms with E-state index in [9.17, 15) is 0 Å². The van der Waals surface area contributed by atoms with Gasteiger partial charge in [0.1, 0.15) is 5.82 Å². The second-order valence-electron chi connectivity index (χ2n) is 3.42. The van der Waals surface area contributed by atoms with Crippen molar-refractivity contribution in [1.29, 1.82) is 0 Å².